The van der Waals surface area contributed by atoms with Gasteiger partial charge in [-0.25, -0.2) is 4.79 Å². The summed E-state index contributed by atoms with van der Waals surface area (Å²) in [6.07, 6.45) is -0.852. The van der Waals surface area contributed by atoms with Crippen LogP contribution in [0.4, 0.5) is 4.79 Å². The minimum atomic E-state index is -1.00. The van der Waals surface area contributed by atoms with E-state index in [2.05, 4.69) is 5.32 Å². The van der Waals surface area contributed by atoms with Gasteiger partial charge in [-0.3, -0.25) is 4.79 Å². The number of carboxylic acids is 1. The van der Waals surface area contributed by atoms with Gasteiger partial charge in [0.25, 0.3) is 0 Å². The summed E-state index contributed by atoms with van der Waals surface area (Å²) in [6, 6.07) is 6.19. The topological polar surface area (TPSA) is 84.9 Å². The second kappa shape index (κ2) is 7.25. The molecule has 0 aromatic heterocycles. The van der Waals surface area contributed by atoms with Crippen LogP contribution in [0.3, 0.4) is 0 Å². The van der Waals surface area contributed by atoms with E-state index in [4.69, 9.17) is 14.6 Å². The first-order chi connectivity index (χ1) is 9.06. The Kier molecular flexibility index (Phi) is 5.66. The molecule has 0 aliphatic rings. The number of nitrogens with one attached hydrogen (secondary N) is 1. The van der Waals surface area contributed by atoms with Crippen LogP contribution in [-0.2, 0) is 9.53 Å². The third-order valence-electron chi connectivity index (χ3n) is 2.46. The molecular weight excluding hydrogens is 250 g/mol. The van der Waals surface area contributed by atoms with Gasteiger partial charge in [0.2, 0.25) is 0 Å². The van der Waals surface area contributed by atoms with Crippen LogP contribution in [0.15, 0.2) is 24.3 Å². The summed E-state index contributed by atoms with van der Waals surface area (Å²) >= 11 is 0. The summed E-state index contributed by atoms with van der Waals surface area (Å²) in [5.74, 6) is -0.341. The Morgan fingerprint density at radius 3 is 2.42 bits per heavy atom. The largest absolute Gasteiger partial charge is 0.497 e. The van der Waals surface area contributed by atoms with Crippen molar-refractivity contribution in [2.75, 3.05) is 13.7 Å². The Morgan fingerprint density at radius 1 is 1.32 bits per heavy atom. The third-order valence-corrected chi connectivity index (χ3v) is 2.46. The van der Waals surface area contributed by atoms with Crippen LogP contribution in [-0.4, -0.2) is 30.9 Å². The Bertz CT molecular complexity index is 429. The molecule has 1 aromatic rings. The van der Waals surface area contributed by atoms with E-state index in [0.717, 1.165) is 0 Å². The van der Waals surface area contributed by atoms with Gasteiger partial charge < -0.3 is 19.9 Å². The van der Waals surface area contributed by atoms with Gasteiger partial charge in [-0.15, -0.1) is 0 Å². The molecule has 19 heavy (non-hydrogen) atoms. The van der Waals surface area contributed by atoms with Crippen LogP contribution in [0, 0.1) is 0 Å². The zero-order valence-electron chi connectivity index (χ0n) is 10.9. The van der Waals surface area contributed by atoms with E-state index in [1.54, 1.807) is 38.3 Å². The van der Waals surface area contributed by atoms with E-state index in [1.807, 2.05) is 0 Å². The Balaban J connectivity index is 2.82. The fourth-order valence-corrected chi connectivity index (χ4v) is 1.58. The summed E-state index contributed by atoms with van der Waals surface area (Å²) in [5.41, 5.74) is 0.677. The zero-order chi connectivity index (χ0) is 14.3. The second-order valence-electron chi connectivity index (χ2n) is 3.79. The summed E-state index contributed by atoms with van der Waals surface area (Å²) < 4.78 is 9.77. The highest BCUT2D eigenvalue weighted by molar-refractivity contribution is 5.71. The van der Waals surface area contributed by atoms with Gasteiger partial charge in [0.15, 0.2) is 0 Å². The van der Waals surface area contributed by atoms with Crippen molar-refractivity contribution < 1.29 is 24.2 Å². The average Bonchev–Trinajstić information content (AvgIpc) is 2.38. The Hall–Kier alpha value is -2.24. The second-order valence-corrected chi connectivity index (χ2v) is 3.79. The van der Waals surface area contributed by atoms with Crippen molar-refractivity contribution >= 4 is 12.1 Å². The molecule has 6 heteroatoms. The van der Waals surface area contributed by atoms with Crippen LogP contribution in [0.1, 0.15) is 24.9 Å². The van der Waals surface area contributed by atoms with Crippen molar-refractivity contribution in [1.82, 2.24) is 5.32 Å². The number of benzene rings is 1. The van der Waals surface area contributed by atoms with Gasteiger partial charge in [-0.05, 0) is 24.6 Å². The molecule has 0 fully saturated rings. The zero-order valence-corrected chi connectivity index (χ0v) is 10.9. The van der Waals surface area contributed by atoms with Gasteiger partial charge >= 0.3 is 12.1 Å². The van der Waals surface area contributed by atoms with E-state index in [9.17, 15) is 9.59 Å². The minimum absolute atomic E-state index is 0.217. The first-order valence-electron chi connectivity index (χ1n) is 5.85. The minimum Gasteiger partial charge on any atom is -0.497 e. The molecule has 0 aliphatic carbocycles. The summed E-state index contributed by atoms with van der Waals surface area (Å²) in [5, 5.41) is 11.4. The molecule has 104 valence electrons. The van der Waals surface area contributed by atoms with Crippen molar-refractivity contribution in [1.29, 1.82) is 0 Å². The highest BCUT2D eigenvalue weighted by Gasteiger charge is 2.18. The highest BCUT2D eigenvalue weighted by atomic mass is 16.5. The number of amides is 1. The van der Waals surface area contributed by atoms with E-state index in [-0.39, 0.29) is 13.0 Å². The summed E-state index contributed by atoms with van der Waals surface area (Å²) in [7, 11) is 1.54. The van der Waals surface area contributed by atoms with Gasteiger partial charge in [0.05, 0.1) is 26.2 Å². The molecule has 0 unspecified atom stereocenters. The van der Waals surface area contributed by atoms with Crippen LogP contribution in [0.2, 0.25) is 0 Å². The molecule has 1 aromatic carbocycles. The van der Waals surface area contributed by atoms with Gasteiger partial charge in [-0.1, -0.05) is 12.1 Å². The lowest BCUT2D eigenvalue weighted by Crippen LogP contribution is -2.30. The van der Waals surface area contributed by atoms with Crippen LogP contribution in [0.25, 0.3) is 0 Å². The first-order valence-corrected chi connectivity index (χ1v) is 5.85. The molecule has 0 radical (unpaired) electrons. The number of alkyl carbamates (subject to hydrolysis) is 1. The lowest BCUT2D eigenvalue weighted by molar-refractivity contribution is -0.137. The normalized spacial score (nSPS) is 11.5. The average molecular weight is 267 g/mol. The van der Waals surface area contributed by atoms with E-state index in [0.29, 0.717) is 11.3 Å². The SMILES string of the molecule is CCOC(=O)N[C@H](CC(=O)O)c1ccc(OC)cc1. The number of hydrogen-bond acceptors (Lipinski definition) is 4. The molecule has 1 rings (SSSR count). The first kappa shape index (κ1) is 14.8. The maximum Gasteiger partial charge on any atom is 0.407 e. The van der Waals surface area contributed by atoms with E-state index >= 15 is 0 Å². The van der Waals surface area contributed by atoms with Gasteiger partial charge in [0.1, 0.15) is 5.75 Å². The number of carboxylic acid groups (broad SMARTS) is 1. The Labute approximate surface area is 111 Å². The molecule has 1 amide bonds. The fourth-order valence-electron chi connectivity index (χ4n) is 1.58. The van der Waals surface area contributed by atoms with Gasteiger partial charge in [0, 0.05) is 0 Å². The molecule has 0 spiro atoms. The lowest BCUT2D eigenvalue weighted by Gasteiger charge is -2.17. The smallest absolute Gasteiger partial charge is 0.407 e. The number of carbonyl (C=O) groups is 2. The van der Waals surface area contributed by atoms with Crippen molar-refractivity contribution in [2.24, 2.45) is 0 Å². The maximum atomic E-state index is 11.4. The number of methoxy groups -OCH3 is 1. The van der Waals surface area contributed by atoms with Crippen molar-refractivity contribution in [3.8, 4) is 5.75 Å². The van der Waals surface area contributed by atoms with E-state index < -0.39 is 18.1 Å². The van der Waals surface area contributed by atoms with Crippen molar-refractivity contribution in [3.63, 3.8) is 0 Å². The highest BCUT2D eigenvalue weighted by Crippen LogP contribution is 2.20. The fraction of sp³-hybridized carbons (Fsp3) is 0.385. The number of ether oxygens (including phenoxy) is 2. The van der Waals surface area contributed by atoms with E-state index in [1.165, 1.54) is 0 Å². The number of carbonyl (C=O) groups excluding carboxylic acids is 1. The molecule has 2 N–H and O–H groups in total. The van der Waals surface area contributed by atoms with Gasteiger partial charge in [-0.2, -0.15) is 0 Å². The predicted octanol–water partition coefficient (Wildman–Crippen LogP) is 1.96. The molecule has 0 bridgehead atoms. The van der Waals surface area contributed by atoms with Crippen molar-refractivity contribution in [3.05, 3.63) is 29.8 Å². The maximum absolute atomic E-state index is 11.4. The molecule has 1 atom stereocenters. The van der Waals surface area contributed by atoms with Crippen molar-refractivity contribution in [2.45, 2.75) is 19.4 Å². The molecule has 0 heterocycles. The number of rotatable bonds is 6. The number of aliphatic carboxylic acids is 1. The lowest BCUT2D eigenvalue weighted by atomic mass is 10.0. The van der Waals surface area contributed by atoms with Crippen LogP contribution in [0.5, 0.6) is 5.75 Å². The monoisotopic (exact) mass is 267 g/mol. The molecule has 0 aliphatic heterocycles. The van der Waals surface area contributed by atoms with Crippen LogP contribution < -0.4 is 10.1 Å². The number of hydrogen-bond donors (Lipinski definition) is 2. The Morgan fingerprint density at radius 2 is 1.95 bits per heavy atom. The third kappa shape index (κ3) is 4.87. The standard InChI is InChI=1S/C13H17NO5/c1-3-19-13(17)14-11(8-12(15)16)9-4-6-10(18-2)7-5-9/h4-7,11H,3,8H2,1-2H3,(H,14,17)(H,15,16)/t11-/m1/s1. The molecule has 0 saturated heterocycles. The molecular formula is C13H17NO5. The van der Waals surface area contributed by atoms with Crippen LogP contribution >= 0.6 is 0 Å². The summed E-state index contributed by atoms with van der Waals surface area (Å²) in [4.78, 5) is 22.2. The molecule has 6 nitrogen and oxygen atoms in total. The molecule has 0 saturated carbocycles. The summed E-state index contributed by atoms with van der Waals surface area (Å²) in [6.45, 7) is 1.91. The predicted molar refractivity (Wildman–Crippen MR) is 68.1 cm³/mol. The quantitative estimate of drug-likeness (QED) is 0.823.